The predicted molar refractivity (Wildman–Crippen MR) is 81.4 cm³/mol. The van der Waals surface area contributed by atoms with Gasteiger partial charge in [0.05, 0.1) is 0 Å². The van der Waals surface area contributed by atoms with Crippen molar-refractivity contribution in [3.8, 4) is 11.1 Å². The van der Waals surface area contributed by atoms with Crippen molar-refractivity contribution in [1.82, 2.24) is 0 Å². The molecule has 2 nitrogen and oxygen atoms in total. The number of hydrogen-bond donors (Lipinski definition) is 0. The van der Waals surface area contributed by atoms with Crippen molar-refractivity contribution in [1.29, 1.82) is 0 Å². The zero-order chi connectivity index (χ0) is 12.5. The average Bonchev–Trinajstić information content (AvgIpc) is 2.29. The van der Waals surface area contributed by atoms with Crippen LogP contribution in [0.15, 0.2) is 49.1 Å². The first kappa shape index (κ1) is 17.3. The Balaban J connectivity index is 0.00000162. The molecule has 0 aliphatic heterocycles. The first-order chi connectivity index (χ1) is 7.97. The lowest BCUT2D eigenvalue weighted by Crippen LogP contribution is -2.49. The number of aryl methyl sites for hydroxylation is 1. The van der Waals surface area contributed by atoms with E-state index in [0.717, 1.165) is 0 Å². The summed E-state index contributed by atoms with van der Waals surface area (Å²) >= 11 is 0. The standard InChI is InChI=1S/C15H20N2.CH4.CH3/c1-15(2,3)17-11-7-14(8-12-17)13-5-9-16(4)10-6-13;;/h5-12H,1-4H3;1H4;1H3/q+2;;-1. The summed E-state index contributed by atoms with van der Waals surface area (Å²) in [6, 6.07) is 8.61. The van der Waals surface area contributed by atoms with Gasteiger partial charge in [-0.25, -0.2) is 9.13 Å². The first-order valence-electron chi connectivity index (χ1n) is 5.94. The molecule has 0 spiro atoms. The number of nitrogens with zero attached hydrogens (tertiary/aromatic N) is 2. The van der Waals surface area contributed by atoms with E-state index in [-0.39, 0.29) is 20.4 Å². The third-order valence-corrected chi connectivity index (χ3v) is 2.92. The fourth-order valence-electron chi connectivity index (χ4n) is 1.76. The van der Waals surface area contributed by atoms with Crippen LogP contribution in [0.3, 0.4) is 0 Å². The Bertz CT molecular complexity index is 490. The molecular formula is C17H27N2+. The largest absolute Gasteiger partial charge is 0.358 e. The molecule has 104 valence electrons. The van der Waals surface area contributed by atoms with Crippen LogP contribution in [-0.4, -0.2) is 0 Å². The molecule has 0 saturated carbocycles. The predicted octanol–water partition coefficient (Wildman–Crippen LogP) is 3.31. The summed E-state index contributed by atoms with van der Waals surface area (Å²) in [4.78, 5) is 0. The fraction of sp³-hybridized carbons (Fsp3) is 0.353. The van der Waals surface area contributed by atoms with Crippen molar-refractivity contribution >= 4 is 0 Å². The van der Waals surface area contributed by atoms with E-state index >= 15 is 0 Å². The minimum atomic E-state index is 0. The summed E-state index contributed by atoms with van der Waals surface area (Å²) in [6.45, 7) is 6.61. The van der Waals surface area contributed by atoms with Crippen LogP contribution in [0.4, 0.5) is 0 Å². The lowest BCUT2D eigenvalue weighted by Gasteiger charge is -2.12. The van der Waals surface area contributed by atoms with Gasteiger partial charge in [0.1, 0.15) is 7.05 Å². The highest BCUT2D eigenvalue weighted by atomic mass is 15.0. The molecule has 0 atom stereocenters. The van der Waals surface area contributed by atoms with Gasteiger partial charge >= 0.3 is 0 Å². The average molecular weight is 259 g/mol. The molecule has 0 aliphatic carbocycles. The Labute approximate surface area is 118 Å². The molecule has 0 amide bonds. The minimum absolute atomic E-state index is 0. The van der Waals surface area contributed by atoms with Gasteiger partial charge in [0, 0.05) is 45.0 Å². The molecule has 0 saturated heterocycles. The van der Waals surface area contributed by atoms with Gasteiger partial charge in [-0.15, -0.1) is 0 Å². The quantitative estimate of drug-likeness (QED) is 0.548. The van der Waals surface area contributed by atoms with Gasteiger partial charge in [0.25, 0.3) is 0 Å². The van der Waals surface area contributed by atoms with Crippen molar-refractivity contribution < 1.29 is 9.13 Å². The molecule has 2 heterocycles. The number of pyridine rings is 2. The van der Waals surface area contributed by atoms with Crippen LogP contribution in [-0.2, 0) is 12.6 Å². The summed E-state index contributed by atoms with van der Waals surface area (Å²) in [7, 11) is 2.03. The molecule has 0 unspecified atom stereocenters. The second-order valence-corrected chi connectivity index (χ2v) is 5.42. The Kier molecular flexibility index (Phi) is 5.88. The van der Waals surface area contributed by atoms with E-state index in [1.54, 1.807) is 0 Å². The number of rotatable bonds is 1. The number of aromatic nitrogens is 2. The molecule has 0 radical (unpaired) electrons. The molecule has 0 aliphatic rings. The summed E-state index contributed by atoms with van der Waals surface area (Å²) in [6.07, 6.45) is 8.42. The van der Waals surface area contributed by atoms with E-state index in [0.29, 0.717) is 0 Å². The van der Waals surface area contributed by atoms with E-state index < -0.39 is 0 Å². The minimum Gasteiger partial charge on any atom is -0.358 e. The second kappa shape index (κ2) is 6.46. The lowest BCUT2D eigenvalue weighted by molar-refractivity contribution is -0.754. The van der Waals surface area contributed by atoms with Crippen LogP contribution in [0.25, 0.3) is 11.1 Å². The van der Waals surface area contributed by atoms with Crippen molar-refractivity contribution in [2.45, 2.75) is 33.7 Å². The molecule has 0 bridgehead atoms. The summed E-state index contributed by atoms with van der Waals surface area (Å²) in [5, 5.41) is 0. The Hall–Kier alpha value is -1.70. The maximum absolute atomic E-state index is 2.22. The van der Waals surface area contributed by atoms with Gasteiger partial charge in [-0.3, -0.25) is 0 Å². The van der Waals surface area contributed by atoms with Gasteiger partial charge < -0.3 is 7.43 Å². The van der Waals surface area contributed by atoms with Crippen LogP contribution >= 0.6 is 0 Å². The van der Waals surface area contributed by atoms with Crippen molar-refractivity contribution in [3.05, 3.63) is 56.5 Å². The van der Waals surface area contributed by atoms with E-state index in [4.69, 9.17) is 0 Å². The topological polar surface area (TPSA) is 7.76 Å². The second-order valence-electron chi connectivity index (χ2n) is 5.42. The Morgan fingerprint density at radius 3 is 1.53 bits per heavy atom. The Morgan fingerprint density at radius 2 is 1.16 bits per heavy atom. The molecule has 2 heteroatoms. The van der Waals surface area contributed by atoms with Gasteiger partial charge in [0.2, 0.25) is 0 Å². The highest BCUT2D eigenvalue weighted by molar-refractivity contribution is 5.60. The van der Waals surface area contributed by atoms with E-state index in [1.165, 1.54) is 11.1 Å². The highest BCUT2D eigenvalue weighted by Crippen LogP contribution is 2.16. The summed E-state index contributed by atoms with van der Waals surface area (Å²) < 4.78 is 4.27. The fourth-order valence-corrected chi connectivity index (χ4v) is 1.76. The molecule has 0 aromatic carbocycles. The molecule has 0 N–H and O–H groups in total. The Morgan fingerprint density at radius 1 is 0.789 bits per heavy atom. The molecule has 19 heavy (non-hydrogen) atoms. The zero-order valence-corrected chi connectivity index (χ0v) is 12.0. The third kappa shape index (κ3) is 4.16. The first-order valence-corrected chi connectivity index (χ1v) is 5.94. The van der Waals surface area contributed by atoms with Crippen molar-refractivity contribution in [2.75, 3.05) is 0 Å². The van der Waals surface area contributed by atoms with Crippen LogP contribution in [0.2, 0.25) is 0 Å². The van der Waals surface area contributed by atoms with Gasteiger partial charge in [-0.1, -0.05) is 7.43 Å². The van der Waals surface area contributed by atoms with Gasteiger partial charge in [0.15, 0.2) is 30.3 Å². The van der Waals surface area contributed by atoms with E-state index in [9.17, 15) is 0 Å². The van der Waals surface area contributed by atoms with Crippen LogP contribution in [0.5, 0.6) is 0 Å². The number of hydrogen-bond acceptors (Lipinski definition) is 0. The SMILES string of the molecule is C.C[n+]1ccc(-c2cc[n+](C(C)(C)C)cc2)cc1.[CH3-]. The van der Waals surface area contributed by atoms with Crippen molar-refractivity contribution in [2.24, 2.45) is 7.05 Å². The third-order valence-electron chi connectivity index (χ3n) is 2.92. The molecular weight excluding hydrogens is 232 g/mol. The van der Waals surface area contributed by atoms with Crippen LogP contribution < -0.4 is 9.13 Å². The normalized spacial score (nSPS) is 10.3. The monoisotopic (exact) mass is 259 g/mol. The maximum atomic E-state index is 2.22. The smallest absolute Gasteiger partial charge is 0.169 e. The molecule has 2 aromatic rings. The van der Waals surface area contributed by atoms with Gasteiger partial charge in [-0.05, 0) is 11.1 Å². The van der Waals surface area contributed by atoms with Crippen molar-refractivity contribution in [3.63, 3.8) is 0 Å². The molecule has 2 rings (SSSR count). The van der Waals surface area contributed by atoms with E-state index in [2.05, 4.69) is 74.4 Å². The zero-order valence-electron chi connectivity index (χ0n) is 12.0. The maximum Gasteiger partial charge on any atom is 0.169 e. The molecule has 0 fully saturated rings. The molecule has 2 aromatic heterocycles. The van der Waals surface area contributed by atoms with Crippen LogP contribution in [0, 0.1) is 7.43 Å². The van der Waals surface area contributed by atoms with Gasteiger partial charge in [-0.2, -0.15) is 0 Å². The lowest BCUT2D eigenvalue weighted by atomic mass is 10.1. The van der Waals surface area contributed by atoms with Crippen LogP contribution in [0.1, 0.15) is 28.2 Å². The van der Waals surface area contributed by atoms with E-state index in [1.807, 2.05) is 11.6 Å². The summed E-state index contributed by atoms with van der Waals surface area (Å²) in [5.41, 5.74) is 2.65. The highest BCUT2D eigenvalue weighted by Gasteiger charge is 2.20. The summed E-state index contributed by atoms with van der Waals surface area (Å²) in [5.74, 6) is 0.